The summed E-state index contributed by atoms with van der Waals surface area (Å²) in [6.45, 7) is 2.65. The SMILES string of the molecule is CNC(=S)N/N=C(/C(C)=N/NC(=S)NCCOC[P+](c1ccccc1)(c1ccccc1)c1ccccc1)c1ccc(C(=O)O)cc1. The van der Waals surface area contributed by atoms with Crippen LogP contribution in [0.1, 0.15) is 22.8 Å². The predicted octanol–water partition coefficient (Wildman–Crippen LogP) is 3.99. The third kappa shape index (κ3) is 9.02. The Kier molecular flexibility index (Phi) is 12.9. The van der Waals surface area contributed by atoms with Gasteiger partial charge in [-0.25, -0.2) is 4.79 Å². The molecule has 236 valence electrons. The van der Waals surface area contributed by atoms with Gasteiger partial charge in [0.05, 0.1) is 17.9 Å². The lowest BCUT2D eigenvalue weighted by atomic mass is 10.0. The number of carboxylic acid groups (broad SMARTS) is 1. The smallest absolute Gasteiger partial charge is 0.335 e. The fourth-order valence-electron chi connectivity index (χ4n) is 4.67. The molecule has 9 nitrogen and oxygen atoms in total. The zero-order valence-corrected chi connectivity index (χ0v) is 28.0. The Labute approximate surface area is 280 Å². The van der Waals surface area contributed by atoms with E-state index in [4.69, 9.17) is 29.2 Å². The van der Waals surface area contributed by atoms with Gasteiger partial charge in [0.2, 0.25) is 0 Å². The fourth-order valence-corrected chi connectivity index (χ4v) is 8.65. The number of ether oxygens (including phenoxy) is 1. The second-order valence-electron chi connectivity index (χ2n) is 9.95. The highest BCUT2D eigenvalue weighted by Crippen LogP contribution is 2.55. The minimum atomic E-state index is -2.09. The Morgan fingerprint density at radius 1 is 0.739 bits per heavy atom. The van der Waals surface area contributed by atoms with Gasteiger partial charge >= 0.3 is 5.97 Å². The highest BCUT2D eigenvalue weighted by Gasteiger charge is 2.45. The minimum absolute atomic E-state index is 0.165. The lowest BCUT2D eigenvalue weighted by molar-refractivity contribution is 0.0697. The van der Waals surface area contributed by atoms with Crippen LogP contribution in [0.15, 0.2) is 125 Å². The Balaban J connectivity index is 1.41. The van der Waals surface area contributed by atoms with Crippen LogP contribution < -0.4 is 37.4 Å². The molecule has 4 aromatic carbocycles. The zero-order chi connectivity index (χ0) is 32.8. The number of nitrogens with zero attached hydrogens (tertiary/aromatic N) is 2. The molecular weight excluding hydrogens is 636 g/mol. The lowest BCUT2D eigenvalue weighted by Crippen LogP contribution is -2.37. The molecule has 0 saturated heterocycles. The van der Waals surface area contributed by atoms with Gasteiger partial charge in [0.1, 0.15) is 28.9 Å². The summed E-state index contributed by atoms with van der Waals surface area (Å²) >= 11 is 10.6. The summed E-state index contributed by atoms with van der Waals surface area (Å²) in [4.78, 5) is 11.3. The van der Waals surface area contributed by atoms with Crippen molar-refractivity contribution < 1.29 is 14.6 Å². The van der Waals surface area contributed by atoms with Crippen LogP contribution in [0.5, 0.6) is 0 Å². The van der Waals surface area contributed by atoms with Crippen LogP contribution in [-0.4, -0.2) is 59.3 Å². The van der Waals surface area contributed by atoms with E-state index >= 15 is 0 Å². The summed E-state index contributed by atoms with van der Waals surface area (Å²) in [6.07, 6.45) is 0.534. The topological polar surface area (TPSA) is 119 Å². The van der Waals surface area contributed by atoms with Gasteiger partial charge in [-0.1, -0.05) is 66.7 Å². The van der Waals surface area contributed by atoms with Gasteiger partial charge in [0.25, 0.3) is 0 Å². The van der Waals surface area contributed by atoms with Crippen LogP contribution in [0, 0.1) is 0 Å². The molecule has 0 aliphatic heterocycles. The van der Waals surface area contributed by atoms with Crippen molar-refractivity contribution in [1.82, 2.24) is 21.5 Å². The molecule has 4 rings (SSSR count). The molecule has 0 heterocycles. The van der Waals surface area contributed by atoms with Crippen molar-refractivity contribution in [3.05, 3.63) is 126 Å². The van der Waals surface area contributed by atoms with Crippen LogP contribution in [0.2, 0.25) is 0 Å². The number of carbonyl (C=O) groups is 1. The summed E-state index contributed by atoms with van der Waals surface area (Å²) in [6, 6.07) is 38.0. The third-order valence-electron chi connectivity index (χ3n) is 6.98. The highest BCUT2D eigenvalue weighted by atomic mass is 32.1. The number of hydrogen-bond donors (Lipinski definition) is 5. The van der Waals surface area contributed by atoms with E-state index in [0.29, 0.717) is 46.7 Å². The van der Waals surface area contributed by atoms with E-state index in [-0.39, 0.29) is 5.56 Å². The first-order valence-corrected chi connectivity index (χ1v) is 17.2. The molecule has 0 spiro atoms. The Bertz CT molecular complexity index is 1580. The molecule has 0 fully saturated rings. The first kappa shape index (κ1) is 34.3. The first-order chi connectivity index (χ1) is 22.3. The largest absolute Gasteiger partial charge is 0.478 e. The maximum Gasteiger partial charge on any atom is 0.335 e. The summed E-state index contributed by atoms with van der Waals surface area (Å²) in [5.41, 5.74) is 7.38. The number of nitrogens with one attached hydrogen (secondary N) is 4. The third-order valence-corrected chi connectivity index (χ3v) is 11.6. The van der Waals surface area contributed by atoms with Crippen molar-refractivity contribution in [2.24, 2.45) is 10.2 Å². The molecule has 0 aliphatic rings. The maximum absolute atomic E-state index is 11.3. The lowest BCUT2D eigenvalue weighted by Gasteiger charge is -2.27. The molecule has 0 unspecified atom stereocenters. The summed E-state index contributed by atoms with van der Waals surface area (Å²) in [7, 11) is -0.418. The number of benzene rings is 4. The second kappa shape index (κ2) is 17.2. The van der Waals surface area contributed by atoms with Gasteiger partial charge in [0, 0.05) is 19.2 Å². The van der Waals surface area contributed by atoms with E-state index in [1.54, 1.807) is 26.1 Å². The van der Waals surface area contributed by atoms with Gasteiger partial charge in [-0.2, -0.15) is 10.2 Å². The van der Waals surface area contributed by atoms with Crippen LogP contribution >= 0.6 is 31.7 Å². The Morgan fingerprint density at radius 2 is 1.22 bits per heavy atom. The van der Waals surface area contributed by atoms with Gasteiger partial charge in [0.15, 0.2) is 16.6 Å². The number of thiocarbonyl (C=S) groups is 2. The molecule has 0 amide bonds. The predicted molar refractivity (Wildman–Crippen MR) is 198 cm³/mol. The molecule has 0 radical (unpaired) electrons. The van der Waals surface area contributed by atoms with Crippen molar-refractivity contribution in [3.8, 4) is 0 Å². The van der Waals surface area contributed by atoms with Crippen molar-refractivity contribution in [1.29, 1.82) is 0 Å². The van der Waals surface area contributed by atoms with E-state index in [0.717, 1.165) is 0 Å². The van der Waals surface area contributed by atoms with E-state index in [1.807, 2.05) is 18.2 Å². The van der Waals surface area contributed by atoms with Crippen molar-refractivity contribution in [2.45, 2.75) is 6.92 Å². The van der Waals surface area contributed by atoms with Crippen molar-refractivity contribution in [2.75, 3.05) is 26.5 Å². The summed E-state index contributed by atoms with van der Waals surface area (Å²) in [5, 5.41) is 28.3. The number of hydrogen-bond acceptors (Lipinski definition) is 6. The number of aromatic carboxylic acids is 1. The molecule has 0 aliphatic carbocycles. The molecule has 4 aromatic rings. The van der Waals surface area contributed by atoms with Crippen LogP contribution in [0.25, 0.3) is 0 Å². The van der Waals surface area contributed by atoms with Gasteiger partial charge in [-0.05, 0) is 79.9 Å². The van der Waals surface area contributed by atoms with E-state index in [9.17, 15) is 9.90 Å². The average Bonchev–Trinajstić information content (AvgIpc) is 3.10. The van der Waals surface area contributed by atoms with Crippen LogP contribution in [0.4, 0.5) is 0 Å². The normalized spacial score (nSPS) is 11.8. The summed E-state index contributed by atoms with van der Waals surface area (Å²) in [5.74, 6) is -1.01. The zero-order valence-electron chi connectivity index (χ0n) is 25.5. The van der Waals surface area contributed by atoms with Gasteiger partial charge < -0.3 is 20.5 Å². The molecule has 0 saturated carbocycles. The quantitative estimate of drug-likeness (QED) is 0.0473. The average molecular weight is 672 g/mol. The standard InChI is InChI=1S/C34H35N6O3PS2/c1-25(31(38-39-33(45)35-2)26-18-20-27(21-19-26)32(41)42)37-40-34(46)36-22-23-43-24-44(28-12-6-3-7-13-28,29-14-8-4-9-15-29)30-16-10-5-11-17-30/h3-21H,22-24H2,1-2H3,(H4-,35,36,37,38,39,40,41,42,45,46)/p+1. The van der Waals surface area contributed by atoms with Crippen molar-refractivity contribution in [3.63, 3.8) is 0 Å². The maximum atomic E-state index is 11.3. The Hall–Kier alpha value is -4.54. The molecular formula is C34H36N6O3PS2+. The Morgan fingerprint density at radius 3 is 1.70 bits per heavy atom. The molecule has 0 bridgehead atoms. The molecule has 5 N–H and O–H groups in total. The van der Waals surface area contributed by atoms with E-state index < -0.39 is 13.2 Å². The van der Waals surface area contributed by atoms with Gasteiger partial charge in [-0.3, -0.25) is 10.9 Å². The monoisotopic (exact) mass is 671 g/mol. The second-order valence-corrected chi connectivity index (χ2v) is 14.2. The molecule has 0 atom stereocenters. The summed E-state index contributed by atoms with van der Waals surface area (Å²) < 4.78 is 6.40. The minimum Gasteiger partial charge on any atom is -0.478 e. The van der Waals surface area contributed by atoms with E-state index in [2.05, 4.69) is 104 Å². The fraction of sp³-hybridized carbons (Fsp3) is 0.147. The van der Waals surface area contributed by atoms with Crippen LogP contribution in [-0.2, 0) is 4.74 Å². The highest BCUT2D eigenvalue weighted by molar-refractivity contribution is 7.95. The first-order valence-electron chi connectivity index (χ1n) is 14.5. The number of rotatable bonds is 13. The number of hydrazone groups is 2. The van der Waals surface area contributed by atoms with Crippen molar-refractivity contribution >= 4 is 75.2 Å². The van der Waals surface area contributed by atoms with E-state index in [1.165, 1.54) is 28.0 Å². The van der Waals surface area contributed by atoms with Gasteiger partial charge in [-0.15, -0.1) is 0 Å². The van der Waals surface area contributed by atoms with Crippen LogP contribution in [0.3, 0.4) is 0 Å². The molecule has 12 heteroatoms. The number of carboxylic acids is 1. The molecule has 0 aromatic heterocycles. The molecule has 46 heavy (non-hydrogen) atoms.